The Morgan fingerprint density at radius 3 is 2.12 bits per heavy atom. The van der Waals surface area contributed by atoms with Crippen molar-refractivity contribution >= 4 is 0 Å². The Morgan fingerprint density at radius 1 is 1.00 bits per heavy atom. The van der Waals surface area contributed by atoms with Gasteiger partial charge in [0.2, 0.25) is 0 Å². The molecule has 0 bridgehead atoms. The van der Waals surface area contributed by atoms with Gasteiger partial charge in [-0.25, -0.2) is 0 Å². The van der Waals surface area contributed by atoms with E-state index in [-0.39, 0.29) is 12.1 Å². The molecule has 2 aliphatic rings. The predicted octanol–water partition coefficient (Wildman–Crippen LogP) is 2.48. The highest BCUT2D eigenvalue weighted by Crippen LogP contribution is 2.25. The van der Waals surface area contributed by atoms with Crippen molar-refractivity contribution < 1.29 is 9.47 Å². The van der Waals surface area contributed by atoms with Crippen LogP contribution in [-0.2, 0) is 9.47 Å². The molecule has 4 atom stereocenters. The summed E-state index contributed by atoms with van der Waals surface area (Å²) < 4.78 is 11.6. The zero-order valence-electron chi connectivity index (χ0n) is 11.1. The van der Waals surface area contributed by atoms with E-state index in [2.05, 4.69) is 6.92 Å². The van der Waals surface area contributed by atoms with Crippen LogP contribution in [0.15, 0.2) is 0 Å². The van der Waals surface area contributed by atoms with Crippen molar-refractivity contribution in [2.24, 2.45) is 11.7 Å². The molecule has 2 N–H and O–H groups in total. The zero-order chi connectivity index (χ0) is 12.1. The van der Waals surface area contributed by atoms with Crippen molar-refractivity contribution in [2.45, 2.75) is 70.1 Å². The Hall–Kier alpha value is -0.120. The quantitative estimate of drug-likeness (QED) is 0.822. The van der Waals surface area contributed by atoms with Crippen LogP contribution in [0.5, 0.6) is 0 Å². The first-order valence-electron chi connectivity index (χ1n) is 7.26. The molecule has 0 aromatic rings. The van der Waals surface area contributed by atoms with Gasteiger partial charge in [0.1, 0.15) is 0 Å². The topological polar surface area (TPSA) is 44.5 Å². The maximum absolute atomic E-state index is 6.28. The van der Waals surface area contributed by atoms with Crippen LogP contribution in [0.2, 0.25) is 0 Å². The molecule has 0 aromatic carbocycles. The molecule has 0 aliphatic carbocycles. The van der Waals surface area contributed by atoms with Gasteiger partial charge in [0, 0.05) is 19.3 Å². The van der Waals surface area contributed by atoms with Crippen LogP contribution in [0.25, 0.3) is 0 Å². The maximum Gasteiger partial charge on any atom is 0.0726 e. The first kappa shape index (κ1) is 13.3. The third-order valence-electron chi connectivity index (χ3n) is 4.19. The van der Waals surface area contributed by atoms with Crippen molar-refractivity contribution in [3.8, 4) is 0 Å². The minimum Gasteiger partial charge on any atom is -0.378 e. The summed E-state index contributed by atoms with van der Waals surface area (Å²) in [5.74, 6) is 0.566. The molecule has 3 heteroatoms. The molecular weight excluding hydrogens is 214 g/mol. The lowest BCUT2D eigenvalue weighted by Gasteiger charge is -2.33. The van der Waals surface area contributed by atoms with Crippen LogP contribution in [0.1, 0.15) is 51.9 Å². The van der Waals surface area contributed by atoms with Gasteiger partial charge >= 0.3 is 0 Å². The van der Waals surface area contributed by atoms with Crippen LogP contribution in [0, 0.1) is 5.92 Å². The summed E-state index contributed by atoms with van der Waals surface area (Å²) in [7, 11) is 0. The molecule has 0 aromatic heterocycles. The normalized spacial score (nSPS) is 34.2. The first-order chi connectivity index (χ1) is 8.27. The monoisotopic (exact) mass is 241 g/mol. The molecule has 2 aliphatic heterocycles. The van der Waals surface area contributed by atoms with Crippen LogP contribution in [0.3, 0.4) is 0 Å². The number of nitrogens with two attached hydrogens (primary N) is 1. The number of hydrogen-bond acceptors (Lipinski definition) is 3. The molecule has 2 rings (SSSR count). The third kappa shape index (κ3) is 3.94. The van der Waals surface area contributed by atoms with Crippen molar-refractivity contribution in [1.29, 1.82) is 0 Å². The van der Waals surface area contributed by atoms with Crippen molar-refractivity contribution in [1.82, 2.24) is 0 Å². The molecule has 3 nitrogen and oxygen atoms in total. The van der Waals surface area contributed by atoms with Gasteiger partial charge in [-0.05, 0) is 50.9 Å². The zero-order valence-corrected chi connectivity index (χ0v) is 11.1. The second-order valence-corrected chi connectivity index (χ2v) is 5.69. The Kier molecular flexibility index (Phi) is 5.26. The molecular formula is C14H27NO2. The average molecular weight is 241 g/mol. The van der Waals surface area contributed by atoms with Gasteiger partial charge in [0.05, 0.1) is 12.2 Å². The van der Waals surface area contributed by atoms with Gasteiger partial charge in [0.15, 0.2) is 0 Å². The fourth-order valence-electron chi connectivity index (χ4n) is 3.05. The van der Waals surface area contributed by atoms with Gasteiger partial charge in [-0.2, -0.15) is 0 Å². The van der Waals surface area contributed by atoms with E-state index < -0.39 is 0 Å². The van der Waals surface area contributed by atoms with E-state index in [4.69, 9.17) is 15.2 Å². The standard InChI is InChI=1S/C14H27NO2/c1-11(13-6-2-4-8-16-13)10-12(15)14-7-3-5-9-17-14/h11-14H,2-10,15H2,1H3. The second kappa shape index (κ2) is 6.72. The number of hydrogen-bond donors (Lipinski definition) is 1. The highest BCUT2D eigenvalue weighted by Gasteiger charge is 2.27. The minimum atomic E-state index is 0.191. The summed E-state index contributed by atoms with van der Waals surface area (Å²) in [6.07, 6.45) is 9.10. The number of rotatable bonds is 4. The molecule has 2 fully saturated rings. The van der Waals surface area contributed by atoms with Gasteiger partial charge < -0.3 is 15.2 Å². The van der Waals surface area contributed by atoms with E-state index in [1.165, 1.54) is 32.1 Å². The molecule has 0 spiro atoms. The lowest BCUT2D eigenvalue weighted by molar-refractivity contribution is -0.0357. The Bertz CT molecular complexity index is 188. The molecule has 0 amide bonds. The summed E-state index contributed by atoms with van der Waals surface area (Å²) in [5.41, 5.74) is 6.28. The van der Waals surface area contributed by atoms with E-state index in [1.54, 1.807) is 0 Å². The molecule has 17 heavy (non-hydrogen) atoms. The van der Waals surface area contributed by atoms with Crippen LogP contribution < -0.4 is 5.73 Å². The highest BCUT2D eigenvalue weighted by atomic mass is 16.5. The molecule has 2 heterocycles. The average Bonchev–Trinajstić information content (AvgIpc) is 2.40. The molecule has 4 unspecified atom stereocenters. The first-order valence-corrected chi connectivity index (χ1v) is 7.26. The Labute approximate surface area is 105 Å². The van der Waals surface area contributed by atoms with Crippen molar-refractivity contribution in [3.63, 3.8) is 0 Å². The minimum absolute atomic E-state index is 0.191. The largest absolute Gasteiger partial charge is 0.378 e. The summed E-state index contributed by atoms with van der Waals surface area (Å²) >= 11 is 0. The Morgan fingerprint density at radius 2 is 1.59 bits per heavy atom. The van der Waals surface area contributed by atoms with Crippen LogP contribution in [-0.4, -0.2) is 31.5 Å². The highest BCUT2D eigenvalue weighted by molar-refractivity contribution is 4.81. The fourth-order valence-corrected chi connectivity index (χ4v) is 3.05. The smallest absolute Gasteiger partial charge is 0.0726 e. The SMILES string of the molecule is CC(CC(N)C1CCCCO1)C1CCCCO1. The van der Waals surface area contributed by atoms with Crippen LogP contribution >= 0.6 is 0 Å². The number of ether oxygens (including phenoxy) is 2. The second-order valence-electron chi connectivity index (χ2n) is 5.69. The van der Waals surface area contributed by atoms with E-state index >= 15 is 0 Å². The molecule has 0 radical (unpaired) electrons. The Balaban J connectivity index is 1.74. The fraction of sp³-hybridized carbons (Fsp3) is 1.00. The summed E-state index contributed by atoms with van der Waals surface area (Å²) in [6, 6.07) is 0.191. The van der Waals surface area contributed by atoms with Crippen molar-refractivity contribution in [3.05, 3.63) is 0 Å². The predicted molar refractivity (Wildman–Crippen MR) is 68.9 cm³/mol. The summed E-state index contributed by atoms with van der Waals surface area (Å²) in [6.45, 7) is 4.11. The summed E-state index contributed by atoms with van der Waals surface area (Å²) in [5, 5.41) is 0. The maximum atomic E-state index is 6.28. The van der Waals surface area contributed by atoms with Gasteiger partial charge in [-0.1, -0.05) is 6.92 Å². The lowest BCUT2D eigenvalue weighted by atomic mass is 9.88. The van der Waals surface area contributed by atoms with Crippen LogP contribution in [0.4, 0.5) is 0 Å². The lowest BCUT2D eigenvalue weighted by Crippen LogP contribution is -2.42. The van der Waals surface area contributed by atoms with E-state index in [1.807, 2.05) is 0 Å². The molecule has 2 saturated heterocycles. The summed E-state index contributed by atoms with van der Waals surface area (Å²) in [4.78, 5) is 0. The molecule has 0 saturated carbocycles. The van der Waals surface area contributed by atoms with E-state index in [0.717, 1.165) is 26.1 Å². The third-order valence-corrected chi connectivity index (χ3v) is 4.19. The van der Waals surface area contributed by atoms with E-state index in [9.17, 15) is 0 Å². The van der Waals surface area contributed by atoms with E-state index in [0.29, 0.717) is 12.0 Å². The van der Waals surface area contributed by atoms with Gasteiger partial charge in [-0.15, -0.1) is 0 Å². The van der Waals surface area contributed by atoms with Gasteiger partial charge in [0.25, 0.3) is 0 Å². The van der Waals surface area contributed by atoms with Crippen molar-refractivity contribution in [2.75, 3.05) is 13.2 Å². The molecule has 100 valence electrons. The van der Waals surface area contributed by atoms with Gasteiger partial charge in [-0.3, -0.25) is 0 Å².